The molecule has 4 aromatic heterocycles. The zero-order chi connectivity index (χ0) is 24.0. The number of nitrogens with two attached hydrogens (primary N) is 1. The van der Waals surface area contributed by atoms with E-state index in [4.69, 9.17) is 10.3 Å². The molecule has 0 aliphatic carbocycles. The van der Waals surface area contributed by atoms with Crippen LogP contribution < -0.4 is 5.73 Å². The fraction of sp³-hybridized carbons (Fsp3) is 0.364. The van der Waals surface area contributed by atoms with E-state index in [1.807, 2.05) is 39.8 Å². The normalized spacial score (nSPS) is 12.0. The van der Waals surface area contributed by atoms with Crippen LogP contribution in [0, 0.1) is 5.92 Å². The molecule has 1 atom stereocenters. The molecule has 0 saturated heterocycles. The molecule has 0 aliphatic heterocycles. The van der Waals surface area contributed by atoms with Crippen molar-refractivity contribution < 1.29 is 13.3 Å². The number of hydrogen-bond acceptors (Lipinski definition) is 8. The lowest BCUT2D eigenvalue weighted by Crippen LogP contribution is -2.11. The molecule has 9 nitrogen and oxygen atoms in total. The number of anilines is 1. The van der Waals surface area contributed by atoms with E-state index in [1.165, 1.54) is 12.4 Å². The summed E-state index contributed by atoms with van der Waals surface area (Å²) in [5, 5.41) is 8.02. The molecule has 0 aliphatic rings. The Hall–Kier alpha value is -3.76. The molecule has 0 aromatic carbocycles. The third kappa shape index (κ3) is 5.73. The van der Waals surface area contributed by atoms with Crippen LogP contribution in [-0.4, -0.2) is 41.3 Å². The van der Waals surface area contributed by atoms with Crippen molar-refractivity contribution in [3.05, 3.63) is 54.5 Å². The molecule has 11 heteroatoms. The molecule has 2 N–H and O–H groups in total. The minimum atomic E-state index is -2.49. The van der Waals surface area contributed by atoms with Crippen LogP contribution >= 0.6 is 0 Å². The Morgan fingerprint density at radius 1 is 1.00 bits per heavy atom. The highest BCUT2D eigenvalue weighted by Crippen LogP contribution is 2.32. The van der Waals surface area contributed by atoms with Gasteiger partial charge in [0.2, 0.25) is 5.95 Å². The minimum absolute atomic E-state index is 0.152. The summed E-state index contributed by atoms with van der Waals surface area (Å²) < 4.78 is 31.6. The number of halogens is 2. The number of hydrogen-bond donors (Lipinski definition) is 1. The molecule has 0 radical (unpaired) electrons. The van der Waals surface area contributed by atoms with Crippen LogP contribution in [0.4, 0.5) is 14.7 Å². The summed E-state index contributed by atoms with van der Waals surface area (Å²) in [6, 6.07) is 3.81. The predicted octanol–water partition coefficient (Wildman–Crippen LogP) is 4.45. The second-order valence-corrected chi connectivity index (χ2v) is 7.33. The molecule has 0 fully saturated rings. The van der Waals surface area contributed by atoms with Gasteiger partial charge in [0.1, 0.15) is 6.54 Å². The lowest BCUT2D eigenvalue weighted by Gasteiger charge is -2.17. The first-order valence-corrected chi connectivity index (χ1v) is 10.6. The summed E-state index contributed by atoms with van der Waals surface area (Å²) in [6.07, 6.45) is 5.38. The predicted molar refractivity (Wildman–Crippen MR) is 119 cm³/mol. The van der Waals surface area contributed by atoms with Gasteiger partial charge < -0.3 is 10.3 Å². The fourth-order valence-electron chi connectivity index (χ4n) is 3.26. The smallest absolute Gasteiger partial charge is 0.261 e. The van der Waals surface area contributed by atoms with Crippen molar-refractivity contribution in [1.82, 2.24) is 34.9 Å². The van der Waals surface area contributed by atoms with Gasteiger partial charge >= 0.3 is 0 Å². The minimum Gasteiger partial charge on any atom is -0.368 e. The van der Waals surface area contributed by atoms with E-state index >= 15 is 0 Å². The van der Waals surface area contributed by atoms with Gasteiger partial charge in [0.25, 0.3) is 12.3 Å². The van der Waals surface area contributed by atoms with E-state index in [1.54, 1.807) is 18.6 Å². The van der Waals surface area contributed by atoms with Crippen LogP contribution in [0.2, 0.25) is 0 Å². The maximum Gasteiger partial charge on any atom is 0.261 e. The Kier molecular flexibility index (Phi) is 7.75. The van der Waals surface area contributed by atoms with Gasteiger partial charge in [-0.3, -0.25) is 9.67 Å². The third-order valence-electron chi connectivity index (χ3n) is 4.70. The number of nitrogen functional groups attached to an aromatic ring is 1. The van der Waals surface area contributed by atoms with Gasteiger partial charge in [-0.25, -0.2) is 18.7 Å². The Morgan fingerprint density at radius 2 is 1.73 bits per heavy atom. The lowest BCUT2D eigenvalue weighted by atomic mass is 9.88. The van der Waals surface area contributed by atoms with Crippen molar-refractivity contribution >= 4 is 5.95 Å². The maximum atomic E-state index is 12.5. The van der Waals surface area contributed by atoms with Gasteiger partial charge in [0.05, 0.1) is 23.4 Å². The van der Waals surface area contributed by atoms with Gasteiger partial charge in [-0.2, -0.15) is 10.1 Å². The van der Waals surface area contributed by atoms with Crippen LogP contribution in [0.1, 0.15) is 45.0 Å². The Bertz CT molecular complexity index is 1140. The van der Waals surface area contributed by atoms with Crippen molar-refractivity contribution in [3.63, 3.8) is 0 Å². The van der Waals surface area contributed by atoms with Crippen molar-refractivity contribution in [3.8, 4) is 22.7 Å². The van der Waals surface area contributed by atoms with Gasteiger partial charge in [-0.05, 0) is 17.5 Å². The molecule has 4 rings (SSSR count). The average molecular weight is 457 g/mol. The first kappa shape index (κ1) is 23.9. The van der Waals surface area contributed by atoms with E-state index in [0.29, 0.717) is 17.1 Å². The summed E-state index contributed by atoms with van der Waals surface area (Å²) >= 11 is 0. The van der Waals surface area contributed by atoms with E-state index in [2.05, 4.69) is 30.2 Å². The topological polar surface area (TPSA) is 121 Å². The first-order chi connectivity index (χ1) is 15.9. The summed E-state index contributed by atoms with van der Waals surface area (Å²) in [5.74, 6) is 0.895. The first-order valence-electron chi connectivity index (χ1n) is 10.6. The Balaban J connectivity index is 0.00000149. The number of pyridine rings is 1. The maximum absolute atomic E-state index is 12.5. The average Bonchev–Trinajstić information content (AvgIpc) is 3.46. The standard InChI is InChI=1S/C20H20F2N8O.C2H6/c1-11(2)17(12-3-4-15(24-5-12)13-6-25-20(23)26-7-13)18-28-19(31-29-18)14-8-27-30(9-14)10-16(21)22;1-2/h3-9,11,16-17H,10H2,1-2H3,(H2,23,25,26);1-2H3. The lowest BCUT2D eigenvalue weighted by molar-refractivity contribution is 0.122. The molecule has 4 heterocycles. The van der Waals surface area contributed by atoms with Crippen molar-refractivity contribution in [2.75, 3.05) is 5.73 Å². The number of aromatic nitrogens is 7. The van der Waals surface area contributed by atoms with Crippen molar-refractivity contribution in [2.45, 2.75) is 46.6 Å². The van der Waals surface area contributed by atoms with Crippen LogP contribution in [0.3, 0.4) is 0 Å². The molecule has 174 valence electrons. The van der Waals surface area contributed by atoms with Crippen molar-refractivity contribution in [2.24, 2.45) is 5.92 Å². The van der Waals surface area contributed by atoms with E-state index in [-0.39, 0.29) is 23.7 Å². The molecule has 0 amide bonds. The molecule has 0 saturated carbocycles. The monoisotopic (exact) mass is 456 g/mol. The van der Waals surface area contributed by atoms with Crippen LogP contribution in [0.25, 0.3) is 22.7 Å². The molecule has 33 heavy (non-hydrogen) atoms. The summed E-state index contributed by atoms with van der Waals surface area (Å²) in [6.45, 7) is 7.60. The van der Waals surface area contributed by atoms with Gasteiger partial charge in [0, 0.05) is 30.4 Å². The fourth-order valence-corrected chi connectivity index (χ4v) is 3.26. The summed E-state index contributed by atoms with van der Waals surface area (Å²) in [4.78, 5) is 17.0. The molecule has 0 spiro atoms. The van der Waals surface area contributed by atoms with Crippen molar-refractivity contribution in [1.29, 1.82) is 0 Å². The SMILES string of the molecule is CC.CC(C)C(c1ccc(-c2cnc(N)nc2)nc1)c1noc(-c2cnn(CC(F)F)c2)n1. The zero-order valence-electron chi connectivity index (χ0n) is 18.9. The summed E-state index contributed by atoms with van der Waals surface area (Å²) in [7, 11) is 0. The zero-order valence-corrected chi connectivity index (χ0v) is 18.9. The molecule has 0 bridgehead atoms. The second-order valence-electron chi connectivity index (χ2n) is 7.33. The molecule has 1 unspecified atom stereocenters. The largest absolute Gasteiger partial charge is 0.368 e. The quantitative estimate of drug-likeness (QED) is 0.433. The van der Waals surface area contributed by atoms with E-state index < -0.39 is 13.0 Å². The Morgan fingerprint density at radius 3 is 2.33 bits per heavy atom. The Labute approximate surface area is 190 Å². The number of alkyl halides is 2. The molecule has 4 aromatic rings. The number of rotatable bonds is 7. The third-order valence-corrected chi connectivity index (χ3v) is 4.70. The van der Waals surface area contributed by atoms with Crippen LogP contribution in [0.15, 0.2) is 47.6 Å². The number of nitrogens with zero attached hydrogens (tertiary/aromatic N) is 7. The highest BCUT2D eigenvalue weighted by atomic mass is 19.3. The van der Waals surface area contributed by atoms with Crippen LogP contribution in [0.5, 0.6) is 0 Å². The second kappa shape index (κ2) is 10.7. The highest BCUT2D eigenvalue weighted by molar-refractivity contribution is 5.57. The van der Waals surface area contributed by atoms with Crippen LogP contribution in [-0.2, 0) is 6.54 Å². The van der Waals surface area contributed by atoms with Gasteiger partial charge in [0.15, 0.2) is 5.82 Å². The van der Waals surface area contributed by atoms with E-state index in [9.17, 15) is 8.78 Å². The summed E-state index contributed by atoms with van der Waals surface area (Å²) in [5.41, 5.74) is 8.40. The van der Waals surface area contributed by atoms with Gasteiger partial charge in [-0.1, -0.05) is 38.9 Å². The molecular formula is C22H26F2N8O. The highest BCUT2D eigenvalue weighted by Gasteiger charge is 2.25. The van der Waals surface area contributed by atoms with Gasteiger partial charge in [-0.15, -0.1) is 0 Å². The van der Waals surface area contributed by atoms with E-state index in [0.717, 1.165) is 15.8 Å². The molecular weight excluding hydrogens is 430 g/mol.